The van der Waals surface area contributed by atoms with E-state index in [1.54, 1.807) is 0 Å². The molecule has 1 aliphatic heterocycles. The first-order valence-electron chi connectivity index (χ1n) is 15.5. The van der Waals surface area contributed by atoms with Crippen molar-refractivity contribution >= 4 is 22.6 Å². The van der Waals surface area contributed by atoms with Gasteiger partial charge in [-0.15, -0.1) is 0 Å². The third kappa shape index (κ3) is 7.28. The molecular formula is C37H40N4O4. The van der Waals surface area contributed by atoms with Crippen molar-refractivity contribution in [3.63, 3.8) is 0 Å². The topological polar surface area (TPSA) is 78.7 Å². The molecule has 0 radical (unpaired) electrons. The van der Waals surface area contributed by atoms with Gasteiger partial charge in [-0.3, -0.25) is 9.48 Å². The summed E-state index contributed by atoms with van der Waals surface area (Å²) in [6.07, 6.45) is 1.55. The molecule has 1 aliphatic rings. The Morgan fingerprint density at radius 2 is 1.49 bits per heavy atom. The van der Waals surface area contributed by atoms with Gasteiger partial charge in [-0.1, -0.05) is 60.7 Å². The number of ether oxygens (including phenoxy) is 3. The lowest BCUT2D eigenvalue weighted by Gasteiger charge is -2.34. The van der Waals surface area contributed by atoms with Gasteiger partial charge in [-0.05, 0) is 69.0 Å². The molecule has 1 saturated heterocycles. The number of pyridine rings is 1. The van der Waals surface area contributed by atoms with Gasteiger partial charge in [0, 0.05) is 37.3 Å². The summed E-state index contributed by atoms with van der Waals surface area (Å²) in [7, 11) is 1.96. The fourth-order valence-corrected chi connectivity index (χ4v) is 5.65. The molecule has 0 amide bonds. The quantitative estimate of drug-likeness (QED) is 0.163. The van der Waals surface area contributed by atoms with E-state index in [9.17, 15) is 4.79 Å². The first-order chi connectivity index (χ1) is 21.7. The minimum atomic E-state index is -0.464. The van der Waals surface area contributed by atoms with Crippen molar-refractivity contribution in [2.75, 3.05) is 18.0 Å². The smallest absolute Gasteiger partial charge is 0.309 e. The Hall–Kier alpha value is -4.85. The van der Waals surface area contributed by atoms with Gasteiger partial charge in [0.15, 0.2) is 0 Å². The molecule has 5 aromatic rings. The molecule has 0 aliphatic carbocycles. The number of fused-ring (bicyclic) bond motifs is 1. The van der Waals surface area contributed by atoms with E-state index in [1.165, 1.54) is 0 Å². The normalized spacial score (nSPS) is 14.0. The van der Waals surface area contributed by atoms with Crippen molar-refractivity contribution in [2.45, 2.75) is 52.4 Å². The minimum Gasteiger partial charge on any atom is -0.473 e. The lowest BCUT2D eigenvalue weighted by Crippen LogP contribution is -2.38. The number of nitrogens with zero attached hydrogens (tertiary/aromatic N) is 4. The maximum atomic E-state index is 12.6. The number of hydrogen-bond donors (Lipinski definition) is 0. The van der Waals surface area contributed by atoms with E-state index in [-0.39, 0.29) is 11.9 Å². The molecule has 2 aromatic heterocycles. The molecule has 0 N–H and O–H groups in total. The van der Waals surface area contributed by atoms with Crippen molar-refractivity contribution < 1.29 is 19.0 Å². The van der Waals surface area contributed by atoms with Crippen LogP contribution in [0.2, 0.25) is 0 Å². The van der Waals surface area contributed by atoms with Crippen molar-refractivity contribution in [1.29, 1.82) is 0 Å². The van der Waals surface area contributed by atoms with Crippen LogP contribution in [0.3, 0.4) is 0 Å². The van der Waals surface area contributed by atoms with Gasteiger partial charge in [0.25, 0.3) is 0 Å². The largest absolute Gasteiger partial charge is 0.473 e. The zero-order valence-corrected chi connectivity index (χ0v) is 26.4. The third-order valence-corrected chi connectivity index (χ3v) is 7.97. The molecule has 0 spiro atoms. The second-order valence-electron chi connectivity index (χ2n) is 12.5. The second-order valence-corrected chi connectivity index (χ2v) is 12.5. The molecule has 45 heavy (non-hydrogen) atoms. The van der Waals surface area contributed by atoms with E-state index in [4.69, 9.17) is 24.3 Å². The van der Waals surface area contributed by atoms with E-state index in [2.05, 4.69) is 23.1 Å². The summed E-state index contributed by atoms with van der Waals surface area (Å²) < 4.78 is 19.9. The molecule has 3 aromatic carbocycles. The molecule has 232 valence electrons. The number of carbonyl (C=O) groups excluding carboxylic acids is 1. The number of hydrogen-bond acceptors (Lipinski definition) is 7. The number of rotatable bonds is 9. The van der Waals surface area contributed by atoms with Crippen LogP contribution < -0.4 is 14.4 Å². The number of anilines is 1. The Balaban J connectivity index is 1.24. The van der Waals surface area contributed by atoms with Crippen LogP contribution in [0.4, 0.5) is 5.69 Å². The third-order valence-electron chi connectivity index (χ3n) is 7.97. The standard InChI is InChI=1S/C37H40N4O4/c1-37(2,3)45-36(42)28-19-21-41(22-20-28)29-15-16-30-32(23-29)40(4)39-34(30)31-17-18-33(43-24-26-11-7-5-8-12-26)38-35(31)44-25-27-13-9-6-10-14-27/h5-18,23,28H,19-22,24-25H2,1-4H3. The molecule has 1 fully saturated rings. The van der Waals surface area contributed by atoms with Gasteiger partial charge in [0.1, 0.15) is 24.5 Å². The first kappa shape index (κ1) is 30.2. The number of benzene rings is 3. The summed E-state index contributed by atoms with van der Waals surface area (Å²) in [4.78, 5) is 19.7. The summed E-state index contributed by atoms with van der Waals surface area (Å²) in [5.41, 5.74) is 5.37. The second kappa shape index (κ2) is 13.0. The molecule has 0 bridgehead atoms. The first-order valence-corrected chi connectivity index (χ1v) is 15.5. The van der Waals surface area contributed by atoms with Gasteiger partial charge in [-0.2, -0.15) is 10.1 Å². The van der Waals surface area contributed by atoms with Crippen LogP contribution in [0.15, 0.2) is 91.0 Å². The molecular weight excluding hydrogens is 564 g/mol. The highest BCUT2D eigenvalue weighted by Gasteiger charge is 2.29. The predicted octanol–water partition coefficient (Wildman–Crippen LogP) is 7.35. The van der Waals surface area contributed by atoms with Gasteiger partial charge < -0.3 is 19.1 Å². The van der Waals surface area contributed by atoms with Crippen molar-refractivity contribution in [3.8, 4) is 23.0 Å². The Morgan fingerprint density at radius 1 is 0.844 bits per heavy atom. The predicted molar refractivity (Wildman–Crippen MR) is 176 cm³/mol. The molecule has 8 heteroatoms. The van der Waals surface area contributed by atoms with Crippen LogP contribution in [0.5, 0.6) is 11.8 Å². The zero-order valence-electron chi connectivity index (χ0n) is 26.4. The average molecular weight is 605 g/mol. The van der Waals surface area contributed by atoms with Gasteiger partial charge in [-0.25, -0.2) is 0 Å². The molecule has 0 saturated carbocycles. The Morgan fingerprint density at radius 3 is 2.13 bits per heavy atom. The summed E-state index contributed by atoms with van der Waals surface area (Å²) in [6, 6.07) is 30.3. The van der Waals surface area contributed by atoms with Crippen molar-refractivity contribution in [2.24, 2.45) is 13.0 Å². The SMILES string of the molecule is Cn1nc(-c2ccc(OCc3ccccc3)nc2OCc2ccccc2)c2ccc(N3CCC(C(=O)OC(C)(C)C)CC3)cc21. The maximum Gasteiger partial charge on any atom is 0.309 e. The monoisotopic (exact) mass is 604 g/mol. The zero-order chi connectivity index (χ0) is 31.4. The number of aryl methyl sites for hydroxylation is 1. The molecule has 0 atom stereocenters. The van der Waals surface area contributed by atoms with E-state index < -0.39 is 5.60 Å². The van der Waals surface area contributed by atoms with Crippen LogP contribution >= 0.6 is 0 Å². The number of aromatic nitrogens is 3. The highest BCUT2D eigenvalue weighted by atomic mass is 16.6. The van der Waals surface area contributed by atoms with Gasteiger partial charge in [0.2, 0.25) is 11.8 Å². The fourth-order valence-electron chi connectivity index (χ4n) is 5.65. The molecule has 3 heterocycles. The lowest BCUT2D eigenvalue weighted by atomic mass is 9.96. The van der Waals surface area contributed by atoms with E-state index in [0.29, 0.717) is 25.0 Å². The van der Waals surface area contributed by atoms with Crippen LogP contribution in [0, 0.1) is 5.92 Å². The van der Waals surface area contributed by atoms with Gasteiger partial charge >= 0.3 is 5.97 Å². The average Bonchev–Trinajstić information content (AvgIpc) is 3.38. The Bertz CT molecular complexity index is 1750. The summed E-state index contributed by atoms with van der Waals surface area (Å²) in [6.45, 7) is 8.13. The fraction of sp³-hybridized carbons (Fsp3) is 0.324. The Labute approximate surface area is 264 Å². The summed E-state index contributed by atoms with van der Waals surface area (Å²) in [5.74, 6) is 0.805. The lowest BCUT2D eigenvalue weighted by molar-refractivity contribution is -0.160. The Kier molecular flexibility index (Phi) is 8.74. The molecule has 8 nitrogen and oxygen atoms in total. The van der Waals surface area contributed by atoms with Gasteiger partial charge in [0.05, 0.1) is 17.0 Å². The van der Waals surface area contributed by atoms with Crippen LogP contribution in [-0.2, 0) is 29.8 Å². The molecule has 6 rings (SSSR count). The van der Waals surface area contributed by atoms with Crippen molar-refractivity contribution in [1.82, 2.24) is 14.8 Å². The summed E-state index contributed by atoms with van der Waals surface area (Å²) >= 11 is 0. The number of esters is 1. The highest BCUT2D eigenvalue weighted by Crippen LogP contribution is 2.37. The molecule has 0 unspecified atom stereocenters. The van der Waals surface area contributed by atoms with E-state index in [0.717, 1.165) is 64.9 Å². The number of piperidine rings is 1. The highest BCUT2D eigenvalue weighted by molar-refractivity contribution is 5.96. The van der Waals surface area contributed by atoms with Crippen molar-refractivity contribution in [3.05, 3.63) is 102 Å². The van der Waals surface area contributed by atoms with Crippen LogP contribution in [-0.4, -0.2) is 39.4 Å². The maximum absolute atomic E-state index is 12.6. The minimum absolute atomic E-state index is 0.0611. The van der Waals surface area contributed by atoms with Crippen LogP contribution in [0.25, 0.3) is 22.2 Å². The number of carbonyl (C=O) groups is 1. The summed E-state index contributed by atoms with van der Waals surface area (Å²) in [5, 5.41) is 5.94. The van der Waals surface area contributed by atoms with E-state index >= 15 is 0 Å². The van der Waals surface area contributed by atoms with Crippen LogP contribution in [0.1, 0.15) is 44.7 Å². The van der Waals surface area contributed by atoms with E-state index in [1.807, 2.05) is 105 Å².